The maximum absolute atomic E-state index is 12.0. The van der Waals surface area contributed by atoms with E-state index in [-0.39, 0.29) is 11.7 Å². The van der Waals surface area contributed by atoms with E-state index in [2.05, 4.69) is 30.7 Å². The Morgan fingerprint density at radius 3 is 2.76 bits per heavy atom. The van der Waals surface area contributed by atoms with Crippen LogP contribution in [-0.2, 0) is 6.42 Å². The molecular formula is C13H12N6O2. The second-order valence-corrected chi connectivity index (χ2v) is 4.23. The lowest BCUT2D eigenvalue weighted by molar-refractivity contribution is 0.101. The number of amides is 1. The molecule has 2 heterocycles. The molecule has 0 aliphatic rings. The highest BCUT2D eigenvalue weighted by Gasteiger charge is 2.12. The number of aromatic nitrogens is 5. The molecule has 8 nitrogen and oxygen atoms in total. The molecule has 3 rings (SSSR count). The molecule has 3 aromatic rings. The van der Waals surface area contributed by atoms with Crippen LogP contribution in [0.2, 0.25) is 0 Å². The molecule has 106 valence electrons. The number of benzene rings is 1. The van der Waals surface area contributed by atoms with Crippen molar-refractivity contribution in [3.63, 3.8) is 0 Å². The van der Waals surface area contributed by atoms with Gasteiger partial charge in [-0.3, -0.25) is 9.89 Å². The summed E-state index contributed by atoms with van der Waals surface area (Å²) in [7, 11) is 0. The van der Waals surface area contributed by atoms with Crippen molar-refractivity contribution >= 4 is 11.6 Å². The standard InChI is InChI=1S/C13H12N6O2/c1-2-10-16-11(18-17-10)12(20)15-9-5-3-8(4-6-9)13-19-14-7-21-13/h3-7H,2H2,1H3,(H,15,20)(H,16,17,18). The summed E-state index contributed by atoms with van der Waals surface area (Å²) >= 11 is 0. The topological polar surface area (TPSA) is 110 Å². The summed E-state index contributed by atoms with van der Waals surface area (Å²) in [4.78, 5) is 16.0. The molecular weight excluding hydrogens is 272 g/mol. The minimum atomic E-state index is -0.364. The number of nitrogens with zero attached hydrogens (tertiary/aromatic N) is 4. The first-order valence-corrected chi connectivity index (χ1v) is 6.35. The highest BCUT2D eigenvalue weighted by molar-refractivity contribution is 6.01. The second-order valence-electron chi connectivity index (χ2n) is 4.23. The molecule has 0 saturated heterocycles. The quantitative estimate of drug-likeness (QED) is 0.754. The van der Waals surface area contributed by atoms with Gasteiger partial charge in [-0.1, -0.05) is 6.92 Å². The first kappa shape index (κ1) is 13.0. The highest BCUT2D eigenvalue weighted by Crippen LogP contribution is 2.19. The van der Waals surface area contributed by atoms with Gasteiger partial charge >= 0.3 is 0 Å². The number of nitrogens with one attached hydrogen (secondary N) is 2. The van der Waals surface area contributed by atoms with Crippen molar-refractivity contribution in [2.24, 2.45) is 0 Å². The molecule has 1 amide bonds. The van der Waals surface area contributed by atoms with Crippen molar-refractivity contribution in [2.45, 2.75) is 13.3 Å². The molecule has 0 aliphatic carbocycles. The number of carbonyl (C=O) groups excluding carboxylic acids is 1. The Kier molecular flexibility index (Phi) is 3.42. The molecule has 2 N–H and O–H groups in total. The summed E-state index contributed by atoms with van der Waals surface area (Å²) in [6.45, 7) is 1.93. The molecule has 0 saturated carbocycles. The van der Waals surface area contributed by atoms with E-state index >= 15 is 0 Å². The maximum Gasteiger partial charge on any atom is 0.295 e. The fraction of sp³-hybridized carbons (Fsp3) is 0.154. The lowest BCUT2D eigenvalue weighted by atomic mass is 10.2. The van der Waals surface area contributed by atoms with Crippen LogP contribution < -0.4 is 5.32 Å². The van der Waals surface area contributed by atoms with Crippen LogP contribution in [0, 0.1) is 0 Å². The van der Waals surface area contributed by atoms with Crippen molar-refractivity contribution in [3.05, 3.63) is 42.3 Å². The minimum absolute atomic E-state index is 0.118. The third kappa shape index (κ3) is 2.78. The molecule has 0 atom stereocenters. The zero-order valence-electron chi connectivity index (χ0n) is 11.2. The number of hydrogen-bond acceptors (Lipinski definition) is 6. The zero-order valence-corrected chi connectivity index (χ0v) is 11.2. The van der Waals surface area contributed by atoms with Gasteiger partial charge in [-0.05, 0) is 24.3 Å². The third-order valence-electron chi connectivity index (χ3n) is 2.82. The van der Waals surface area contributed by atoms with Gasteiger partial charge in [0.15, 0.2) is 0 Å². The van der Waals surface area contributed by atoms with Crippen molar-refractivity contribution in [1.29, 1.82) is 0 Å². The van der Waals surface area contributed by atoms with Gasteiger partial charge in [0, 0.05) is 17.7 Å². The lowest BCUT2D eigenvalue weighted by Gasteiger charge is -2.02. The van der Waals surface area contributed by atoms with Gasteiger partial charge in [0.05, 0.1) is 0 Å². The molecule has 0 fully saturated rings. The van der Waals surface area contributed by atoms with Crippen molar-refractivity contribution in [1.82, 2.24) is 25.4 Å². The van der Waals surface area contributed by atoms with Crippen LogP contribution in [0.5, 0.6) is 0 Å². The van der Waals surface area contributed by atoms with Crippen LogP contribution in [0.3, 0.4) is 0 Å². The Hall–Kier alpha value is -3.03. The molecule has 0 bridgehead atoms. The van der Waals surface area contributed by atoms with Gasteiger partial charge in [-0.2, -0.15) is 0 Å². The monoisotopic (exact) mass is 284 g/mol. The predicted octanol–water partition coefficient (Wildman–Crippen LogP) is 1.67. The summed E-state index contributed by atoms with van der Waals surface area (Å²) in [6, 6.07) is 7.03. The number of aromatic amines is 1. The Bertz CT molecular complexity index is 732. The molecule has 0 unspecified atom stereocenters. The van der Waals surface area contributed by atoms with E-state index in [9.17, 15) is 4.79 Å². The normalized spacial score (nSPS) is 10.5. The summed E-state index contributed by atoms with van der Waals surface area (Å²) in [5, 5.41) is 16.7. The molecule has 21 heavy (non-hydrogen) atoms. The van der Waals surface area contributed by atoms with Gasteiger partial charge in [0.25, 0.3) is 5.91 Å². The third-order valence-corrected chi connectivity index (χ3v) is 2.82. The molecule has 0 radical (unpaired) electrons. The van der Waals surface area contributed by atoms with Crippen LogP contribution >= 0.6 is 0 Å². The molecule has 0 spiro atoms. The zero-order chi connectivity index (χ0) is 14.7. The van der Waals surface area contributed by atoms with Gasteiger partial charge in [-0.15, -0.1) is 15.3 Å². The van der Waals surface area contributed by atoms with Crippen LogP contribution in [0.15, 0.2) is 35.1 Å². The van der Waals surface area contributed by atoms with Crippen LogP contribution in [0.25, 0.3) is 11.5 Å². The van der Waals surface area contributed by atoms with Gasteiger partial charge < -0.3 is 9.73 Å². The van der Waals surface area contributed by atoms with E-state index in [1.807, 2.05) is 6.92 Å². The van der Waals surface area contributed by atoms with E-state index in [1.165, 1.54) is 6.39 Å². The van der Waals surface area contributed by atoms with Crippen molar-refractivity contribution < 1.29 is 9.21 Å². The Labute approximate surface area is 119 Å². The fourth-order valence-corrected chi connectivity index (χ4v) is 1.74. The van der Waals surface area contributed by atoms with Crippen LogP contribution in [0.1, 0.15) is 23.4 Å². The SMILES string of the molecule is CCc1nc(C(=O)Nc2ccc(-c3nnco3)cc2)n[nH]1. The number of rotatable bonds is 4. The van der Waals surface area contributed by atoms with Crippen LogP contribution in [0.4, 0.5) is 5.69 Å². The Balaban J connectivity index is 1.71. The summed E-state index contributed by atoms with van der Waals surface area (Å²) in [5.41, 5.74) is 1.41. The Morgan fingerprint density at radius 2 is 2.14 bits per heavy atom. The van der Waals surface area contributed by atoms with Crippen molar-refractivity contribution in [3.8, 4) is 11.5 Å². The molecule has 1 aromatic carbocycles. The molecule has 2 aromatic heterocycles. The lowest BCUT2D eigenvalue weighted by Crippen LogP contribution is -2.13. The maximum atomic E-state index is 12.0. The average molecular weight is 284 g/mol. The van der Waals surface area contributed by atoms with E-state index in [4.69, 9.17) is 4.42 Å². The first-order chi connectivity index (χ1) is 10.3. The van der Waals surface area contributed by atoms with E-state index in [0.717, 1.165) is 5.56 Å². The predicted molar refractivity (Wildman–Crippen MR) is 73.4 cm³/mol. The molecule has 8 heteroatoms. The number of aryl methyl sites for hydroxylation is 1. The number of carbonyl (C=O) groups is 1. The highest BCUT2D eigenvalue weighted by atomic mass is 16.4. The molecule has 0 aliphatic heterocycles. The number of H-pyrrole nitrogens is 1. The number of anilines is 1. The fourth-order valence-electron chi connectivity index (χ4n) is 1.74. The van der Waals surface area contributed by atoms with Gasteiger partial charge in [0.2, 0.25) is 18.1 Å². The van der Waals surface area contributed by atoms with E-state index in [0.29, 0.717) is 23.8 Å². The average Bonchev–Trinajstić information content (AvgIpc) is 3.19. The van der Waals surface area contributed by atoms with Gasteiger partial charge in [0.1, 0.15) is 5.82 Å². The van der Waals surface area contributed by atoms with E-state index < -0.39 is 0 Å². The number of hydrogen-bond donors (Lipinski definition) is 2. The van der Waals surface area contributed by atoms with Crippen molar-refractivity contribution in [2.75, 3.05) is 5.32 Å². The smallest absolute Gasteiger partial charge is 0.295 e. The first-order valence-electron chi connectivity index (χ1n) is 6.35. The summed E-state index contributed by atoms with van der Waals surface area (Å²) in [5.74, 6) is 0.852. The Morgan fingerprint density at radius 1 is 1.33 bits per heavy atom. The largest absolute Gasteiger partial charge is 0.423 e. The van der Waals surface area contributed by atoms with E-state index in [1.54, 1.807) is 24.3 Å². The summed E-state index contributed by atoms with van der Waals surface area (Å²) in [6.07, 6.45) is 1.96. The second kappa shape index (κ2) is 5.53. The van der Waals surface area contributed by atoms with Gasteiger partial charge in [-0.25, -0.2) is 4.98 Å². The minimum Gasteiger partial charge on any atom is -0.423 e. The summed E-state index contributed by atoms with van der Waals surface area (Å²) < 4.78 is 5.09. The van der Waals surface area contributed by atoms with Crippen LogP contribution in [-0.4, -0.2) is 31.3 Å².